The molecule has 0 aliphatic heterocycles. The molecular weight excluding hydrogens is 420 g/mol. The molecule has 0 spiro atoms. The van der Waals surface area contributed by atoms with Gasteiger partial charge in [0.2, 0.25) is 0 Å². The number of para-hydroxylation sites is 1. The van der Waals surface area contributed by atoms with Crippen LogP contribution in [-0.2, 0) is 13.6 Å². The molecule has 3 heterocycles. The molecule has 1 aliphatic carbocycles. The Labute approximate surface area is 191 Å². The second-order valence-corrected chi connectivity index (χ2v) is 9.35. The van der Waals surface area contributed by atoms with Gasteiger partial charge in [-0.2, -0.15) is 0 Å². The van der Waals surface area contributed by atoms with Crippen molar-refractivity contribution < 1.29 is 4.42 Å². The van der Waals surface area contributed by atoms with E-state index in [1.54, 1.807) is 22.3 Å². The normalized spacial score (nSPS) is 15.5. The zero-order valence-corrected chi connectivity index (χ0v) is 19.3. The van der Waals surface area contributed by atoms with E-state index in [0.29, 0.717) is 11.6 Å². The van der Waals surface area contributed by atoms with Crippen LogP contribution in [0.3, 0.4) is 0 Å². The van der Waals surface area contributed by atoms with Gasteiger partial charge < -0.3 is 8.98 Å². The van der Waals surface area contributed by atoms with Crippen LogP contribution >= 0.6 is 11.3 Å². The molecule has 0 N–H and O–H groups in total. The predicted molar refractivity (Wildman–Crippen MR) is 128 cm³/mol. The van der Waals surface area contributed by atoms with Crippen LogP contribution in [0.5, 0.6) is 0 Å². The molecule has 1 saturated carbocycles. The lowest BCUT2D eigenvalue weighted by Crippen LogP contribution is -2.23. The van der Waals surface area contributed by atoms with E-state index in [-0.39, 0.29) is 5.56 Å². The van der Waals surface area contributed by atoms with Crippen molar-refractivity contribution in [1.29, 1.82) is 0 Å². The van der Waals surface area contributed by atoms with Gasteiger partial charge in [-0.1, -0.05) is 37.5 Å². The van der Waals surface area contributed by atoms with Gasteiger partial charge in [-0.3, -0.25) is 9.48 Å². The Hall–Kier alpha value is -3.06. The van der Waals surface area contributed by atoms with Crippen LogP contribution in [0.4, 0.5) is 5.69 Å². The second kappa shape index (κ2) is 8.82. The summed E-state index contributed by atoms with van der Waals surface area (Å²) in [7, 11) is 1.90. The monoisotopic (exact) mass is 448 g/mol. The third kappa shape index (κ3) is 3.81. The van der Waals surface area contributed by atoms with Crippen LogP contribution in [0.2, 0.25) is 0 Å². The molecule has 1 aromatic carbocycles. The lowest BCUT2D eigenvalue weighted by molar-refractivity contribution is 0.317. The molecule has 3 aromatic heterocycles. The van der Waals surface area contributed by atoms with Crippen molar-refractivity contribution in [2.24, 2.45) is 18.0 Å². The van der Waals surface area contributed by atoms with Gasteiger partial charge >= 0.3 is 0 Å². The van der Waals surface area contributed by atoms with E-state index in [4.69, 9.17) is 9.41 Å². The van der Waals surface area contributed by atoms with Crippen LogP contribution < -0.4 is 10.4 Å². The van der Waals surface area contributed by atoms with Crippen molar-refractivity contribution in [1.82, 2.24) is 13.9 Å². The number of thiazole rings is 1. The van der Waals surface area contributed by atoms with Gasteiger partial charge in [0.25, 0.3) is 5.56 Å². The first-order valence-electron chi connectivity index (χ1n) is 11.2. The summed E-state index contributed by atoms with van der Waals surface area (Å²) >= 11 is 1.57. The topological polar surface area (TPSA) is 57.4 Å². The van der Waals surface area contributed by atoms with Gasteiger partial charge in [0.05, 0.1) is 23.3 Å². The Morgan fingerprint density at radius 2 is 1.88 bits per heavy atom. The number of benzene rings is 1. The Morgan fingerprint density at radius 1 is 1.09 bits per heavy atom. The zero-order chi connectivity index (χ0) is 22.1. The van der Waals surface area contributed by atoms with Crippen molar-refractivity contribution in [3.63, 3.8) is 0 Å². The molecule has 0 radical (unpaired) electrons. The van der Waals surface area contributed by atoms with E-state index >= 15 is 0 Å². The van der Waals surface area contributed by atoms with Gasteiger partial charge in [0.1, 0.15) is 0 Å². The number of rotatable bonds is 5. The Balaban J connectivity index is 1.64. The van der Waals surface area contributed by atoms with Crippen molar-refractivity contribution >= 4 is 17.0 Å². The fourth-order valence-corrected chi connectivity index (χ4v) is 5.53. The summed E-state index contributed by atoms with van der Waals surface area (Å²) in [5, 5.41) is 2.09. The molecule has 4 aromatic rings. The second-order valence-electron chi connectivity index (χ2n) is 8.52. The van der Waals surface area contributed by atoms with Crippen molar-refractivity contribution in [3.05, 3.63) is 75.0 Å². The molecule has 1 aliphatic rings. The molecule has 1 fully saturated rings. The maximum absolute atomic E-state index is 13.4. The first kappa shape index (κ1) is 20.8. The fourth-order valence-electron chi connectivity index (χ4n) is 4.62. The van der Waals surface area contributed by atoms with E-state index < -0.39 is 0 Å². The number of furan rings is 1. The van der Waals surface area contributed by atoms with Crippen molar-refractivity contribution in [2.45, 2.75) is 45.6 Å². The number of nitrogens with zero attached hydrogens (tertiary/aromatic N) is 4. The molecule has 6 nitrogen and oxygen atoms in total. The van der Waals surface area contributed by atoms with Crippen molar-refractivity contribution in [3.8, 4) is 17.1 Å². The van der Waals surface area contributed by atoms with Crippen LogP contribution in [0.15, 0.2) is 68.3 Å². The first-order chi connectivity index (χ1) is 15.6. The SMILES string of the molecule is Cc1c(N=c2scc(-c3ccco3)n2CC2CCCCC2)c(=O)n(-c2ccccc2)n1C. The fraction of sp³-hybridized carbons (Fsp3) is 0.360. The lowest BCUT2D eigenvalue weighted by atomic mass is 9.89. The minimum Gasteiger partial charge on any atom is -0.463 e. The molecule has 0 bridgehead atoms. The molecule has 166 valence electrons. The molecule has 7 heteroatoms. The highest BCUT2D eigenvalue weighted by molar-refractivity contribution is 7.07. The average Bonchev–Trinajstić information content (AvgIpc) is 3.52. The summed E-state index contributed by atoms with van der Waals surface area (Å²) in [6.07, 6.45) is 8.09. The van der Waals surface area contributed by atoms with Gasteiger partial charge in [-0.25, -0.2) is 9.67 Å². The minimum absolute atomic E-state index is 0.103. The van der Waals surface area contributed by atoms with E-state index in [2.05, 4.69) is 9.95 Å². The molecule has 0 atom stereocenters. The largest absolute Gasteiger partial charge is 0.463 e. The maximum atomic E-state index is 13.4. The van der Waals surface area contributed by atoms with E-state index in [0.717, 1.165) is 34.2 Å². The van der Waals surface area contributed by atoms with Gasteiger partial charge in [-0.05, 0) is 49.9 Å². The summed E-state index contributed by atoms with van der Waals surface area (Å²) < 4.78 is 11.5. The summed E-state index contributed by atoms with van der Waals surface area (Å²) in [6.45, 7) is 2.85. The van der Waals surface area contributed by atoms with Gasteiger partial charge in [-0.15, -0.1) is 11.3 Å². The third-order valence-electron chi connectivity index (χ3n) is 6.47. The predicted octanol–water partition coefficient (Wildman–Crippen LogP) is 5.42. The van der Waals surface area contributed by atoms with Gasteiger partial charge in [0.15, 0.2) is 16.2 Å². The first-order valence-corrected chi connectivity index (χ1v) is 12.1. The lowest BCUT2D eigenvalue weighted by Gasteiger charge is -2.22. The van der Waals surface area contributed by atoms with Crippen LogP contribution in [0, 0.1) is 12.8 Å². The highest BCUT2D eigenvalue weighted by Crippen LogP contribution is 2.28. The van der Waals surface area contributed by atoms with E-state index in [1.165, 1.54) is 32.1 Å². The van der Waals surface area contributed by atoms with E-state index in [9.17, 15) is 4.79 Å². The summed E-state index contributed by atoms with van der Waals surface area (Å²) in [5.41, 5.74) is 3.09. The Morgan fingerprint density at radius 3 is 2.59 bits per heavy atom. The van der Waals surface area contributed by atoms with Crippen LogP contribution in [-0.4, -0.2) is 13.9 Å². The standard InChI is InChI=1S/C25H28N4O2S/c1-18-23(24(30)29(27(18)2)20-12-7-4-8-13-20)26-25-28(16-19-10-5-3-6-11-19)21(17-32-25)22-14-9-15-31-22/h4,7-9,12-15,17,19H,3,5-6,10-11,16H2,1-2H3. The minimum atomic E-state index is -0.103. The van der Waals surface area contributed by atoms with Crippen LogP contribution in [0.1, 0.15) is 37.8 Å². The Kier molecular flexibility index (Phi) is 5.74. The number of hydrogen-bond acceptors (Lipinski definition) is 4. The third-order valence-corrected chi connectivity index (χ3v) is 7.33. The smallest absolute Gasteiger partial charge is 0.297 e. The molecule has 32 heavy (non-hydrogen) atoms. The summed E-state index contributed by atoms with van der Waals surface area (Å²) in [6, 6.07) is 13.6. The Bertz CT molecular complexity index is 1320. The highest BCUT2D eigenvalue weighted by Gasteiger charge is 2.20. The van der Waals surface area contributed by atoms with Crippen molar-refractivity contribution in [2.75, 3.05) is 0 Å². The molecular formula is C25H28N4O2S. The summed E-state index contributed by atoms with van der Waals surface area (Å²) in [5.74, 6) is 1.47. The average molecular weight is 449 g/mol. The molecule has 0 saturated heterocycles. The van der Waals surface area contributed by atoms with E-state index in [1.807, 2.05) is 61.1 Å². The quantitative estimate of drug-likeness (QED) is 0.409. The van der Waals surface area contributed by atoms with Crippen LogP contribution in [0.25, 0.3) is 17.1 Å². The molecule has 5 rings (SSSR count). The highest BCUT2D eigenvalue weighted by atomic mass is 32.1. The maximum Gasteiger partial charge on any atom is 0.297 e. The number of aromatic nitrogens is 3. The molecule has 0 amide bonds. The van der Waals surface area contributed by atoms with Gasteiger partial charge in [0, 0.05) is 19.0 Å². The number of hydrogen-bond donors (Lipinski definition) is 0. The summed E-state index contributed by atoms with van der Waals surface area (Å²) in [4.78, 5) is 19.1. The zero-order valence-electron chi connectivity index (χ0n) is 18.5. The molecule has 0 unspecified atom stereocenters.